The molecule has 0 aliphatic carbocycles. The smallest absolute Gasteiger partial charge is 0.232 e. The third-order valence-corrected chi connectivity index (χ3v) is 5.38. The summed E-state index contributed by atoms with van der Waals surface area (Å²) in [5, 5.41) is 15.3. The summed E-state index contributed by atoms with van der Waals surface area (Å²) in [4.78, 5) is 17.7. The minimum absolute atomic E-state index is 0.0543. The van der Waals surface area contributed by atoms with Gasteiger partial charge in [0.05, 0.1) is 17.7 Å². The van der Waals surface area contributed by atoms with E-state index in [9.17, 15) is 4.79 Å². The Morgan fingerprint density at radius 1 is 1.25 bits per heavy atom. The van der Waals surface area contributed by atoms with E-state index in [1.807, 2.05) is 53.1 Å². The number of anilines is 2. The average Bonchev–Trinajstić information content (AvgIpc) is 3.21. The minimum Gasteiger partial charge on any atom is -0.351 e. The number of amides is 1. The maximum absolute atomic E-state index is 13.4. The maximum atomic E-state index is 13.4. The number of rotatable bonds is 3. The summed E-state index contributed by atoms with van der Waals surface area (Å²) in [7, 11) is 1.88. The van der Waals surface area contributed by atoms with E-state index in [0.717, 1.165) is 22.5 Å². The molecule has 28 heavy (non-hydrogen) atoms. The molecule has 1 aromatic carbocycles. The monoisotopic (exact) mass is 379 g/mol. The molecule has 0 bridgehead atoms. The molecule has 8 heteroatoms. The van der Waals surface area contributed by atoms with Gasteiger partial charge in [-0.1, -0.05) is 17.7 Å². The van der Waals surface area contributed by atoms with Crippen LogP contribution in [0.2, 0.25) is 0 Å². The van der Waals surface area contributed by atoms with E-state index in [0.29, 0.717) is 5.95 Å². The van der Waals surface area contributed by atoms with E-state index in [1.165, 1.54) is 11.9 Å². The summed E-state index contributed by atoms with van der Waals surface area (Å²) in [6, 6.07) is 5.62. The Hall–Kier alpha value is -3.16. The number of carbonyl (C=O) groups excluding carboxylic acids is 1. The second-order valence-electron chi connectivity index (χ2n) is 7.58. The maximum Gasteiger partial charge on any atom is 0.232 e. The van der Waals surface area contributed by atoms with E-state index < -0.39 is 0 Å². The Morgan fingerprint density at radius 2 is 2.04 bits per heavy atom. The van der Waals surface area contributed by atoms with E-state index >= 15 is 0 Å². The first-order valence-electron chi connectivity index (χ1n) is 9.39. The van der Waals surface area contributed by atoms with Crippen LogP contribution in [-0.4, -0.2) is 36.5 Å². The molecule has 8 nitrogen and oxygen atoms in total. The third kappa shape index (κ3) is 3.04. The van der Waals surface area contributed by atoms with Gasteiger partial charge in [0, 0.05) is 30.5 Å². The fourth-order valence-corrected chi connectivity index (χ4v) is 4.05. The first kappa shape index (κ1) is 18.2. The standard InChI is InChI=1S/C20H25N7O/c1-11-6-7-16(12(2)8-11)24-19(28)17-14(4)23-20-21-10-22-27(20)18(17)15-9-26(5)25-13(15)3/h6-10,14,17-18H,1-5H3,(H,24,28)(H,21,22,23). The second-order valence-corrected chi connectivity index (χ2v) is 7.58. The molecule has 3 atom stereocenters. The van der Waals surface area contributed by atoms with Crippen LogP contribution in [0.25, 0.3) is 0 Å². The van der Waals surface area contributed by atoms with Crippen LogP contribution in [0.5, 0.6) is 0 Å². The number of fused-ring (bicyclic) bond motifs is 1. The number of hydrogen-bond donors (Lipinski definition) is 2. The van der Waals surface area contributed by atoms with Crippen molar-refractivity contribution in [2.24, 2.45) is 13.0 Å². The van der Waals surface area contributed by atoms with E-state index in [-0.39, 0.29) is 23.9 Å². The van der Waals surface area contributed by atoms with Crippen molar-refractivity contribution in [3.63, 3.8) is 0 Å². The van der Waals surface area contributed by atoms with Gasteiger partial charge in [0.1, 0.15) is 6.33 Å². The van der Waals surface area contributed by atoms with E-state index in [1.54, 1.807) is 9.36 Å². The number of aromatic nitrogens is 5. The van der Waals surface area contributed by atoms with Gasteiger partial charge in [-0.25, -0.2) is 4.68 Å². The van der Waals surface area contributed by atoms with Crippen LogP contribution in [0.15, 0.2) is 30.7 Å². The highest BCUT2D eigenvalue weighted by atomic mass is 16.2. The minimum atomic E-state index is -0.377. The lowest BCUT2D eigenvalue weighted by molar-refractivity contribution is -0.121. The van der Waals surface area contributed by atoms with Crippen molar-refractivity contribution in [1.29, 1.82) is 0 Å². The summed E-state index contributed by atoms with van der Waals surface area (Å²) >= 11 is 0. The molecule has 146 valence electrons. The Bertz CT molecular complexity index is 1040. The van der Waals surface area contributed by atoms with Crippen molar-refractivity contribution < 1.29 is 4.79 Å². The molecular formula is C20H25N7O. The molecule has 2 aromatic heterocycles. The molecular weight excluding hydrogens is 354 g/mol. The molecule has 0 saturated carbocycles. The molecule has 1 aliphatic rings. The third-order valence-electron chi connectivity index (χ3n) is 5.38. The molecule has 1 aliphatic heterocycles. The number of aryl methyl sites for hydroxylation is 4. The number of benzene rings is 1. The molecule has 4 rings (SSSR count). The zero-order chi connectivity index (χ0) is 20.0. The molecule has 0 radical (unpaired) electrons. The normalized spacial score (nSPS) is 21.1. The van der Waals surface area contributed by atoms with Gasteiger partial charge in [0.15, 0.2) is 0 Å². The molecule has 3 aromatic rings. The fourth-order valence-electron chi connectivity index (χ4n) is 4.05. The van der Waals surface area contributed by atoms with Crippen molar-refractivity contribution in [2.45, 2.75) is 39.8 Å². The summed E-state index contributed by atoms with van der Waals surface area (Å²) in [6.07, 6.45) is 3.47. The Kier molecular flexibility index (Phi) is 4.41. The van der Waals surface area contributed by atoms with Gasteiger partial charge in [-0.3, -0.25) is 9.48 Å². The lowest BCUT2D eigenvalue weighted by Gasteiger charge is -2.36. The Labute approximate surface area is 164 Å². The van der Waals surface area contributed by atoms with Crippen LogP contribution in [0.1, 0.15) is 35.3 Å². The summed E-state index contributed by atoms with van der Waals surface area (Å²) < 4.78 is 3.56. The van der Waals surface area contributed by atoms with Gasteiger partial charge in [0.2, 0.25) is 11.9 Å². The van der Waals surface area contributed by atoms with E-state index in [4.69, 9.17) is 0 Å². The predicted octanol–water partition coefficient (Wildman–Crippen LogP) is 2.60. The van der Waals surface area contributed by atoms with Gasteiger partial charge in [0.25, 0.3) is 0 Å². The average molecular weight is 379 g/mol. The largest absolute Gasteiger partial charge is 0.351 e. The molecule has 3 heterocycles. The van der Waals surface area contributed by atoms with Crippen molar-refractivity contribution in [3.8, 4) is 0 Å². The van der Waals surface area contributed by atoms with Crippen molar-refractivity contribution in [2.75, 3.05) is 10.6 Å². The number of carbonyl (C=O) groups is 1. The van der Waals surface area contributed by atoms with Crippen molar-refractivity contribution >= 4 is 17.5 Å². The number of nitrogens with zero attached hydrogens (tertiary/aromatic N) is 5. The SMILES string of the molecule is Cc1ccc(NC(=O)C2C(C)Nc3ncnn3C2c2cn(C)nc2C)c(C)c1. The lowest BCUT2D eigenvalue weighted by Crippen LogP contribution is -2.46. The topological polar surface area (TPSA) is 89.7 Å². The molecule has 3 unspecified atom stereocenters. The van der Waals surface area contributed by atoms with Crippen molar-refractivity contribution in [3.05, 3.63) is 53.1 Å². The van der Waals surface area contributed by atoms with Gasteiger partial charge in [-0.15, -0.1) is 0 Å². The zero-order valence-electron chi connectivity index (χ0n) is 16.8. The van der Waals surface area contributed by atoms with Crippen LogP contribution in [0.4, 0.5) is 11.6 Å². The molecule has 0 fully saturated rings. The van der Waals surface area contributed by atoms with Crippen LogP contribution in [0, 0.1) is 26.7 Å². The highest BCUT2D eigenvalue weighted by molar-refractivity contribution is 5.94. The predicted molar refractivity (Wildman–Crippen MR) is 107 cm³/mol. The van der Waals surface area contributed by atoms with Crippen LogP contribution < -0.4 is 10.6 Å². The number of nitrogens with one attached hydrogen (secondary N) is 2. The summed E-state index contributed by atoms with van der Waals surface area (Å²) in [6.45, 7) is 8.00. The fraction of sp³-hybridized carbons (Fsp3) is 0.400. The molecule has 0 saturated heterocycles. The summed E-state index contributed by atoms with van der Waals surface area (Å²) in [5.74, 6) is 0.232. The van der Waals surface area contributed by atoms with Crippen LogP contribution in [-0.2, 0) is 11.8 Å². The second kappa shape index (κ2) is 6.78. The quantitative estimate of drug-likeness (QED) is 0.730. The first-order valence-corrected chi connectivity index (χ1v) is 9.39. The molecule has 1 amide bonds. The van der Waals surface area contributed by atoms with Gasteiger partial charge >= 0.3 is 0 Å². The van der Waals surface area contributed by atoms with Crippen LogP contribution >= 0.6 is 0 Å². The Morgan fingerprint density at radius 3 is 2.71 bits per heavy atom. The molecule has 2 N–H and O–H groups in total. The molecule has 0 spiro atoms. The lowest BCUT2D eigenvalue weighted by atomic mass is 9.85. The highest BCUT2D eigenvalue weighted by Gasteiger charge is 2.42. The first-order chi connectivity index (χ1) is 13.3. The van der Waals surface area contributed by atoms with Gasteiger partial charge in [-0.05, 0) is 39.3 Å². The zero-order valence-corrected chi connectivity index (χ0v) is 16.8. The number of hydrogen-bond acceptors (Lipinski definition) is 5. The Balaban J connectivity index is 1.74. The summed E-state index contributed by atoms with van der Waals surface area (Å²) in [5.41, 5.74) is 4.89. The highest BCUT2D eigenvalue weighted by Crippen LogP contribution is 2.37. The van der Waals surface area contributed by atoms with Crippen molar-refractivity contribution in [1.82, 2.24) is 24.5 Å². The van der Waals surface area contributed by atoms with Crippen LogP contribution in [0.3, 0.4) is 0 Å². The van der Waals surface area contributed by atoms with Gasteiger partial charge in [-0.2, -0.15) is 15.2 Å². The van der Waals surface area contributed by atoms with Gasteiger partial charge < -0.3 is 10.6 Å². The van der Waals surface area contributed by atoms with E-state index in [2.05, 4.69) is 31.9 Å².